The van der Waals surface area contributed by atoms with Crippen molar-refractivity contribution in [3.63, 3.8) is 0 Å². The van der Waals surface area contributed by atoms with Gasteiger partial charge in [0.15, 0.2) is 0 Å². The van der Waals surface area contributed by atoms with E-state index in [1.165, 1.54) is 0 Å². The summed E-state index contributed by atoms with van der Waals surface area (Å²) in [6.07, 6.45) is 3.89. The molecule has 4 rings (SSSR count). The van der Waals surface area contributed by atoms with Gasteiger partial charge in [-0.15, -0.1) is 0 Å². The van der Waals surface area contributed by atoms with E-state index in [1.807, 2.05) is 55.5 Å². The molecule has 2 aromatic carbocycles. The molecule has 34 heavy (non-hydrogen) atoms. The Hall–Kier alpha value is -3.32. The molecule has 2 aliphatic rings. The maximum atomic E-state index is 12.4. The van der Waals surface area contributed by atoms with Crippen LogP contribution in [0.15, 0.2) is 54.1 Å². The summed E-state index contributed by atoms with van der Waals surface area (Å²) < 4.78 is 10.8. The van der Waals surface area contributed by atoms with Gasteiger partial charge in [0.2, 0.25) is 0 Å². The predicted molar refractivity (Wildman–Crippen MR) is 133 cm³/mol. The van der Waals surface area contributed by atoms with Crippen molar-refractivity contribution >= 4 is 23.6 Å². The highest BCUT2D eigenvalue weighted by molar-refractivity contribution is 5.99. The van der Waals surface area contributed by atoms with Crippen molar-refractivity contribution in [3.8, 4) is 5.75 Å². The Morgan fingerprint density at radius 3 is 2.68 bits per heavy atom. The largest absolute Gasteiger partial charge is 0.488 e. The summed E-state index contributed by atoms with van der Waals surface area (Å²) >= 11 is 0. The first-order chi connectivity index (χ1) is 16.6. The summed E-state index contributed by atoms with van der Waals surface area (Å²) in [7, 11) is 0. The van der Waals surface area contributed by atoms with Crippen LogP contribution in [-0.2, 0) is 9.53 Å². The van der Waals surface area contributed by atoms with E-state index in [0.717, 1.165) is 62.6 Å². The van der Waals surface area contributed by atoms with Gasteiger partial charge >= 0.3 is 5.97 Å². The molecule has 0 spiro atoms. The van der Waals surface area contributed by atoms with E-state index >= 15 is 0 Å². The van der Waals surface area contributed by atoms with Crippen LogP contribution in [0.4, 0.5) is 5.69 Å². The molecule has 0 aromatic heterocycles. The van der Waals surface area contributed by atoms with Crippen LogP contribution in [0.1, 0.15) is 35.7 Å². The van der Waals surface area contributed by atoms with Gasteiger partial charge in [0.05, 0.1) is 17.7 Å². The van der Waals surface area contributed by atoms with Gasteiger partial charge in [-0.05, 0) is 56.7 Å². The molecule has 1 amide bonds. The van der Waals surface area contributed by atoms with Crippen molar-refractivity contribution < 1.29 is 19.1 Å². The summed E-state index contributed by atoms with van der Waals surface area (Å²) in [6, 6.07) is 15.4. The van der Waals surface area contributed by atoms with Gasteiger partial charge in [-0.3, -0.25) is 9.69 Å². The molecule has 0 bridgehead atoms. The number of ether oxygens (including phenoxy) is 2. The first-order valence-electron chi connectivity index (χ1n) is 12.1. The molecule has 2 aliphatic heterocycles. The van der Waals surface area contributed by atoms with Crippen LogP contribution in [0.3, 0.4) is 0 Å². The zero-order valence-corrected chi connectivity index (χ0v) is 19.8. The molecule has 1 fully saturated rings. The van der Waals surface area contributed by atoms with Gasteiger partial charge in [-0.1, -0.05) is 24.3 Å². The van der Waals surface area contributed by atoms with Crippen molar-refractivity contribution in [2.45, 2.75) is 19.8 Å². The Kier molecular flexibility index (Phi) is 8.20. The Balaban J connectivity index is 1.14. The lowest BCUT2D eigenvalue weighted by atomic mass is 10.1. The second-order valence-electron chi connectivity index (χ2n) is 8.56. The minimum Gasteiger partial charge on any atom is -0.488 e. The van der Waals surface area contributed by atoms with Crippen LogP contribution < -0.4 is 15.0 Å². The minimum absolute atomic E-state index is 0.0480. The third kappa shape index (κ3) is 6.17. The molecular formula is C27H33N3O4. The molecule has 2 heterocycles. The number of carbonyl (C=O) groups is 2. The van der Waals surface area contributed by atoms with Gasteiger partial charge < -0.3 is 19.7 Å². The quantitative estimate of drug-likeness (QED) is 0.454. The Morgan fingerprint density at radius 1 is 1.03 bits per heavy atom. The van der Waals surface area contributed by atoms with Gasteiger partial charge in [-0.25, -0.2) is 4.79 Å². The lowest BCUT2D eigenvalue weighted by Crippen LogP contribution is -2.46. The fraction of sp³-hybridized carbons (Fsp3) is 0.407. The summed E-state index contributed by atoms with van der Waals surface area (Å²) in [5.74, 6) is 0.506. The van der Waals surface area contributed by atoms with E-state index in [-0.39, 0.29) is 11.9 Å². The van der Waals surface area contributed by atoms with Crippen LogP contribution in [0.2, 0.25) is 0 Å². The zero-order valence-electron chi connectivity index (χ0n) is 19.8. The summed E-state index contributed by atoms with van der Waals surface area (Å²) in [5.41, 5.74) is 3.28. The maximum Gasteiger partial charge on any atom is 0.338 e. The fourth-order valence-corrected chi connectivity index (χ4v) is 4.30. The molecule has 180 valence electrons. The van der Waals surface area contributed by atoms with Crippen molar-refractivity contribution in [2.24, 2.45) is 0 Å². The van der Waals surface area contributed by atoms with Crippen molar-refractivity contribution in [1.29, 1.82) is 0 Å². The molecule has 2 aromatic rings. The minimum atomic E-state index is -0.271. The van der Waals surface area contributed by atoms with Crippen molar-refractivity contribution in [2.75, 3.05) is 57.4 Å². The molecule has 0 unspecified atom stereocenters. The van der Waals surface area contributed by atoms with E-state index in [1.54, 1.807) is 6.07 Å². The molecule has 7 nitrogen and oxygen atoms in total. The highest BCUT2D eigenvalue weighted by Crippen LogP contribution is 2.25. The van der Waals surface area contributed by atoms with E-state index in [9.17, 15) is 9.59 Å². The number of anilines is 1. The Bertz CT molecular complexity index is 1030. The van der Waals surface area contributed by atoms with Crippen molar-refractivity contribution in [3.05, 3.63) is 65.2 Å². The van der Waals surface area contributed by atoms with Crippen LogP contribution in [0.5, 0.6) is 5.75 Å². The monoisotopic (exact) mass is 463 g/mol. The van der Waals surface area contributed by atoms with Gasteiger partial charge in [-0.2, -0.15) is 0 Å². The summed E-state index contributed by atoms with van der Waals surface area (Å²) in [6.45, 7) is 8.03. The lowest BCUT2D eigenvalue weighted by molar-refractivity contribution is -0.117. The number of piperazine rings is 1. The number of carbonyl (C=O) groups excluding carboxylic acids is 2. The molecular weight excluding hydrogens is 430 g/mol. The zero-order chi connectivity index (χ0) is 23.8. The molecule has 0 saturated carbocycles. The van der Waals surface area contributed by atoms with E-state index in [2.05, 4.69) is 15.1 Å². The van der Waals surface area contributed by atoms with E-state index in [0.29, 0.717) is 30.9 Å². The number of unbranched alkanes of at least 4 members (excludes halogenated alkanes) is 1. The SMILES string of the molecule is CCOC(=O)c1cccc(N2CCN(CCCCNC(=O)C3=Cc4ccccc4OC3)CC2)c1. The van der Waals surface area contributed by atoms with Crippen LogP contribution >= 0.6 is 0 Å². The number of nitrogens with one attached hydrogen (secondary N) is 1. The van der Waals surface area contributed by atoms with Gasteiger partial charge in [0, 0.05) is 44.0 Å². The number of esters is 1. The van der Waals surface area contributed by atoms with Gasteiger partial charge in [0.25, 0.3) is 5.91 Å². The number of para-hydroxylation sites is 1. The standard InChI is InChI=1S/C27H33N3O4/c1-2-33-27(32)22-9-7-10-24(19-22)30-16-14-29(15-17-30)13-6-5-12-28-26(31)23-18-21-8-3-4-11-25(21)34-20-23/h3-4,7-11,18-19H,2,5-6,12-17,20H2,1H3,(H,28,31). The van der Waals surface area contributed by atoms with Gasteiger partial charge in [0.1, 0.15) is 12.4 Å². The molecule has 0 atom stereocenters. The normalized spacial score (nSPS) is 15.7. The summed E-state index contributed by atoms with van der Waals surface area (Å²) in [5, 5.41) is 3.02. The number of hydrogen-bond acceptors (Lipinski definition) is 6. The molecule has 0 aliphatic carbocycles. The maximum absolute atomic E-state index is 12.4. The average Bonchev–Trinajstić information content (AvgIpc) is 2.88. The van der Waals surface area contributed by atoms with Crippen LogP contribution in [0.25, 0.3) is 6.08 Å². The average molecular weight is 464 g/mol. The first kappa shape index (κ1) is 23.8. The number of amides is 1. The second-order valence-corrected chi connectivity index (χ2v) is 8.56. The predicted octanol–water partition coefficient (Wildman–Crippen LogP) is 3.36. The highest BCUT2D eigenvalue weighted by atomic mass is 16.5. The van der Waals surface area contributed by atoms with Crippen LogP contribution in [-0.4, -0.2) is 69.3 Å². The Morgan fingerprint density at radius 2 is 1.85 bits per heavy atom. The molecule has 0 radical (unpaired) electrons. The number of rotatable bonds is 9. The summed E-state index contributed by atoms with van der Waals surface area (Å²) in [4.78, 5) is 29.2. The molecule has 1 saturated heterocycles. The molecule has 1 N–H and O–H groups in total. The number of hydrogen-bond donors (Lipinski definition) is 1. The smallest absolute Gasteiger partial charge is 0.338 e. The first-order valence-corrected chi connectivity index (χ1v) is 12.1. The number of benzene rings is 2. The molecule has 7 heteroatoms. The van der Waals surface area contributed by atoms with Crippen LogP contribution in [0, 0.1) is 0 Å². The number of nitrogens with zero attached hydrogens (tertiary/aromatic N) is 2. The van der Waals surface area contributed by atoms with E-state index in [4.69, 9.17) is 9.47 Å². The van der Waals surface area contributed by atoms with E-state index < -0.39 is 0 Å². The second kappa shape index (κ2) is 11.7. The highest BCUT2D eigenvalue weighted by Gasteiger charge is 2.19. The topological polar surface area (TPSA) is 71.1 Å². The number of fused-ring (bicyclic) bond motifs is 1. The third-order valence-electron chi connectivity index (χ3n) is 6.20. The third-order valence-corrected chi connectivity index (χ3v) is 6.20. The fourth-order valence-electron chi connectivity index (χ4n) is 4.30. The van der Waals surface area contributed by atoms with Crippen molar-refractivity contribution in [1.82, 2.24) is 10.2 Å². The lowest BCUT2D eigenvalue weighted by Gasteiger charge is -2.36. The Labute approximate surface area is 201 Å².